The molecule has 2 aromatic rings. The van der Waals surface area contributed by atoms with Gasteiger partial charge in [-0.2, -0.15) is 0 Å². The molecule has 5 nitrogen and oxygen atoms in total. The molecule has 0 unspecified atom stereocenters. The van der Waals surface area contributed by atoms with Crippen molar-refractivity contribution in [2.75, 3.05) is 28.9 Å². The van der Waals surface area contributed by atoms with Crippen molar-refractivity contribution >= 4 is 50.6 Å². The van der Waals surface area contributed by atoms with Crippen LogP contribution in [-0.2, 0) is 0 Å². The number of anilines is 3. The Hall–Kier alpha value is -1.44. The van der Waals surface area contributed by atoms with Gasteiger partial charge < -0.3 is 20.0 Å². The Labute approximate surface area is 110 Å². The fourth-order valence-electron chi connectivity index (χ4n) is 2.45. The highest BCUT2D eigenvalue weighted by atomic mass is 127. The Morgan fingerprint density at radius 1 is 1.29 bits per heavy atom. The van der Waals surface area contributed by atoms with Gasteiger partial charge in [0.1, 0.15) is 5.69 Å². The minimum atomic E-state index is -0.302. The summed E-state index contributed by atoms with van der Waals surface area (Å²) in [4.78, 5) is 13.6. The normalized spacial score (nSPS) is 15.9. The Balaban J connectivity index is 2.22. The van der Waals surface area contributed by atoms with Crippen molar-refractivity contribution in [3.8, 4) is 0 Å². The predicted molar refractivity (Wildman–Crippen MR) is 74.7 cm³/mol. The summed E-state index contributed by atoms with van der Waals surface area (Å²) in [5.41, 5.74) is 3.50. The summed E-state index contributed by atoms with van der Waals surface area (Å²) in [5.74, 6) is 0. The lowest BCUT2D eigenvalue weighted by Crippen LogP contribution is -2.23. The highest BCUT2D eigenvalue weighted by Gasteiger charge is 2.30. The molecular weight excluding hydrogens is 333 g/mol. The summed E-state index contributed by atoms with van der Waals surface area (Å²) in [7, 11) is 0. The molecule has 0 saturated heterocycles. The first-order valence-corrected chi connectivity index (χ1v) is 6.35. The lowest BCUT2D eigenvalue weighted by Gasteiger charge is -2.07. The first-order chi connectivity index (χ1) is 8.24. The van der Waals surface area contributed by atoms with Gasteiger partial charge >= 0.3 is 5.63 Å². The standard InChI is InChI=1S/C11H8IN3O2/c12-6-2-8(16)17-11-5(6)1-7-10-9(11)14-4-15(10)3-13-7/h1-2,13-14H,3-4H2. The van der Waals surface area contributed by atoms with E-state index in [2.05, 4.69) is 38.1 Å². The van der Waals surface area contributed by atoms with Gasteiger partial charge in [-0.05, 0) is 28.7 Å². The Bertz CT molecular complexity index is 710. The van der Waals surface area contributed by atoms with Gasteiger partial charge in [0.25, 0.3) is 0 Å². The van der Waals surface area contributed by atoms with Crippen LogP contribution in [0.5, 0.6) is 0 Å². The molecule has 1 aromatic carbocycles. The Morgan fingerprint density at radius 2 is 2.12 bits per heavy atom. The lowest BCUT2D eigenvalue weighted by molar-refractivity contribution is 0.561. The minimum Gasteiger partial charge on any atom is -0.420 e. The molecule has 0 fully saturated rings. The second-order valence-electron chi connectivity index (χ2n) is 4.15. The van der Waals surface area contributed by atoms with E-state index in [1.54, 1.807) is 0 Å². The molecule has 0 spiro atoms. The first kappa shape index (κ1) is 9.58. The van der Waals surface area contributed by atoms with E-state index in [4.69, 9.17) is 4.42 Å². The molecule has 0 amide bonds. The molecule has 17 heavy (non-hydrogen) atoms. The SMILES string of the molecule is O=c1cc(I)c2cc3c4c(c2o1)NCN4CN3. The van der Waals surface area contributed by atoms with E-state index in [-0.39, 0.29) is 5.63 Å². The predicted octanol–water partition coefficient (Wildman–Crippen LogP) is 1.97. The molecule has 3 heterocycles. The number of rotatable bonds is 0. The Morgan fingerprint density at radius 3 is 3.00 bits per heavy atom. The van der Waals surface area contributed by atoms with Crippen molar-refractivity contribution in [3.05, 3.63) is 26.1 Å². The average Bonchev–Trinajstić information content (AvgIpc) is 2.86. The second kappa shape index (κ2) is 3.06. The van der Waals surface area contributed by atoms with Gasteiger partial charge in [0.05, 0.1) is 24.7 Å². The van der Waals surface area contributed by atoms with Crippen LogP contribution >= 0.6 is 22.6 Å². The van der Waals surface area contributed by atoms with Gasteiger partial charge in [-0.25, -0.2) is 4.79 Å². The molecule has 0 atom stereocenters. The van der Waals surface area contributed by atoms with Crippen LogP contribution in [0.25, 0.3) is 11.0 Å². The molecule has 2 aliphatic heterocycles. The quantitative estimate of drug-likeness (QED) is 0.567. The van der Waals surface area contributed by atoms with Crippen molar-refractivity contribution < 1.29 is 4.42 Å². The molecule has 1 aromatic heterocycles. The summed E-state index contributed by atoms with van der Waals surface area (Å²) in [6.45, 7) is 1.55. The van der Waals surface area contributed by atoms with E-state index >= 15 is 0 Å². The number of halogens is 1. The van der Waals surface area contributed by atoms with Gasteiger partial charge in [-0.3, -0.25) is 0 Å². The number of nitrogens with zero attached hydrogens (tertiary/aromatic N) is 1. The summed E-state index contributed by atoms with van der Waals surface area (Å²) in [6, 6.07) is 3.57. The van der Waals surface area contributed by atoms with E-state index in [1.165, 1.54) is 6.07 Å². The highest BCUT2D eigenvalue weighted by molar-refractivity contribution is 14.1. The van der Waals surface area contributed by atoms with E-state index in [1.807, 2.05) is 6.07 Å². The molecule has 86 valence electrons. The third kappa shape index (κ3) is 1.16. The van der Waals surface area contributed by atoms with E-state index in [9.17, 15) is 4.79 Å². The lowest BCUT2D eigenvalue weighted by atomic mass is 10.1. The highest BCUT2D eigenvalue weighted by Crippen LogP contribution is 2.46. The van der Waals surface area contributed by atoms with Crippen LogP contribution in [0, 0.1) is 3.57 Å². The topological polar surface area (TPSA) is 57.5 Å². The molecular formula is C11H8IN3O2. The smallest absolute Gasteiger partial charge is 0.337 e. The second-order valence-corrected chi connectivity index (χ2v) is 5.31. The number of hydrogen-bond acceptors (Lipinski definition) is 5. The number of hydrogen-bond donors (Lipinski definition) is 2. The van der Waals surface area contributed by atoms with Crippen LogP contribution in [0.3, 0.4) is 0 Å². The van der Waals surface area contributed by atoms with Gasteiger partial charge in [0.15, 0.2) is 5.58 Å². The third-order valence-electron chi connectivity index (χ3n) is 3.18. The number of nitrogens with one attached hydrogen (secondary N) is 2. The Kier molecular flexibility index (Phi) is 1.73. The minimum absolute atomic E-state index is 0.302. The van der Waals surface area contributed by atoms with E-state index in [0.717, 1.165) is 39.4 Å². The summed E-state index contributed by atoms with van der Waals surface area (Å²) in [5, 5.41) is 7.60. The molecule has 0 aliphatic carbocycles. The van der Waals surface area contributed by atoms with Crippen LogP contribution < -0.4 is 21.2 Å². The van der Waals surface area contributed by atoms with Gasteiger partial charge in [-0.1, -0.05) is 0 Å². The molecule has 6 heteroatoms. The van der Waals surface area contributed by atoms with Crippen LogP contribution in [0.1, 0.15) is 0 Å². The number of benzene rings is 1. The summed E-state index contributed by atoms with van der Waals surface area (Å²) >= 11 is 2.17. The zero-order valence-electron chi connectivity index (χ0n) is 8.71. The first-order valence-electron chi connectivity index (χ1n) is 5.27. The van der Waals surface area contributed by atoms with E-state index in [0.29, 0.717) is 5.58 Å². The van der Waals surface area contributed by atoms with Crippen molar-refractivity contribution in [2.45, 2.75) is 0 Å². The van der Waals surface area contributed by atoms with Crippen LogP contribution in [0.4, 0.5) is 17.1 Å². The third-order valence-corrected chi connectivity index (χ3v) is 4.07. The average molecular weight is 341 g/mol. The summed E-state index contributed by atoms with van der Waals surface area (Å²) < 4.78 is 6.26. The van der Waals surface area contributed by atoms with Crippen LogP contribution in [-0.4, -0.2) is 13.3 Å². The van der Waals surface area contributed by atoms with Crippen LogP contribution in [0.2, 0.25) is 0 Å². The number of fused-ring (bicyclic) bond motifs is 2. The maximum absolute atomic E-state index is 11.5. The fraction of sp³-hybridized carbons (Fsp3) is 0.182. The van der Waals surface area contributed by atoms with Crippen molar-refractivity contribution in [2.24, 2.45) is 0 Å². The van der Waals surface area contributed by atoms with E-state index < -0.39 is 0 Å². The van der Waals surface area contributed by atoms with Gasteiger partial charge in [-0.15, -0.1) is 0 Å². The van der Waals surface area contributed by atoms with Gasteiger partial charge in [0, 0.05) is 15.0 Å². The zero-order valence-corrected chi connectivity index (χ0v) is 10.9. The largest absolute Gasteiger partial charge is 0.420 e. The molecule has 0 bridgehead atoms. The van der Waals surface area contributed by atoms with Crippen molar-refractivity contribution in [1.29, 1.82) is 0 Å². The van der Waals surface area contributed by atoms with Crippen molar-refractivity contribution in [3.63, 3.8) is 0 Å². The van der Waals surface area contributed by atoms with Gasteiger partial charge in [0.2, 0.25) is 0 Å². The molecule has 2 aliphatic rings. The maximum atomic E-state index is 11.5. The molecule has 4 rings (SSSR count). The fourth-order valence-corrected chi connectivity index (χ4v) is 3.10. The van der Waals surface area contributed by atoms with Crippen molar-refractivity contribution in [1.82, 2.24) is 0 Å². The molecule has 2 N–H and O–H groups in total. The zero-order chi connectivity index (χ0) is 11.6. The summed E-state index contributed by atoms with van der Waals surface area (Å²) in [6.07, 6.45) is 0. The monoisotopic (exact) mass is 341 g/mol. The molecule has 0 radical (unpaired) electrons. The maximum Gasteiger partial charge on any atom is 0.337 e. The molecule has 0 saturated carbocycles. The van der Waals surface area contributed by atoms with Crippen LogP contribution in [0.15, 0.2) is 21.3 Å².